The molecule has 0 aliphatic heterocycles. The summed E-state index contributed by atoms with van der Waals surface area (Å²) in [5, 5.41) is 13.5. The zero-order valence-corrected chi connectivity index (χ0v) is 9.90. The third kappa shape index (κ3) is 3.21. The van der Waals surface area contributed by atoms with Gasteiger partial charge >= 0.3 is 5.63 Å². The van der Waals surface area contributed by atoms with E-state index in [9.17, 15) is 9.90 Å². The molecule has 0 saturated heterocycles. The third-order valence-electron chi connectivity index (χ3n) is 2.04. The first-order chi connectivity index (χ1) is 8.10. The third-order valence-corrected chi connectivity index (χ3v) is 2.04. The Labute approximate surface area is 99.0 Å². The highest BCUT2D eigenvalue weighted by molar-refractivity contribution is 6.01. The van der Waals surface area contributed by atoms with Crippen LogP contribution in [-0.4, -0.2) is 17.4 Å². The smallest absolute Gasteiger partial charge is 0.349 e. The van der Waals surface area contributed by atoms with E-state index < -0.39 is 5.63 Å². The van der Waals surface area contributed by atoms with Crippen molar-refractivity contribution in [1.29, 1.82) is 0 Å². The monoisotopic (exact) mass is 237 g/mol. The zero-order valence-electron chi connectivity index (χ0n) is 9.90. The Balaban J connectivity index is 3.16. The summed E-state index contributed by atoms with van der Waals surface area (Å²) in [4.78, 5) is 16.5. The van der Waals surface area contributed by atoms with Crippen molar-refractivity contribution in [3.63, 3.8) is 0 Å². The molecule has 0 saturated carbocycles. The first kappa shape index (κ1) is 13.0. The Hall–Kier alpha value is -2.04. The second-order valence-corrected chi connectivity index (χ2v) is 3.38. The predicted molar refractivity (Wildman–Crippen MR) is 64.4 cm³/mol. The Kier molecular flexibility index (Phi) is 4.51. The Morgan fingerprint density at radius 2 is 2.41 bits per heavy atom. The lowest BCUT2D eigenvalue weighted by Gasteiger charge is -2.05. The average molecular weight is 237 g/mol. The minimum Gasteiger partial charge on any atom is -0.507 e. The molecular formula is C12H15NO4. The molecule has 5 heteroatoms. The maximum atomic E-state index is 11.6. The van der Waals surface area contributed by atoms with Gasteiger partial charge in [-0.15, -0.1) is 0 Å². The Bertz CT molecular complexity index is 488. The lowest BCUT2D eigenvalue weighted by atomic mass is 10.1. The highest BCUT2D eigenvalue weighted by Gasteiger charge is 2.15. The topological polar surface area (TPSA) is 72.0 Å². The van der Waals surface area contributed by atoms with Crippen LogP contribution >= 0.6 is 0 Å². The number of oxime groups is 1. The van der Waals surface area contributed by atoms with Crippen molar-refractivity contribution in [1.82, 2.24) is 0 Å². The molecule has 17 heavy (non-hydrogen) atoms. The maximum absolute atomic E-state index is 11.6. The van der Waals surface area contributed by atoms with Crippen LogP contribution in [-0.2, 0) is 4.84 Å². The van der Waals surface area contributed by atoms with Crippen molar-refractivity contribution < 1.29 is 14.4 Å². The molecule has 0 radical (unpaired) electrons. The van der Waals surface area contributed by atoms with Crippen LogP contribution < -0.4 is 5.63 Å². The minimum absolute atomic E-state index is 0.0437. The number of hydrogen-bond acceptors (Lipinski definition) is 5. The molecule has 0 aliphatic carbocycles. The number of rotatable bonds is 5. The van der Waals surface area contributed by atoms with Gasteiger partial charge in [-0.05, 0) is 13.3 Å². The zero-order chi connectivity index (χ0) is 12.8. The van der Waals surface area contributed by atoms with Gasteiger partial charge in [-0.25, -0.2) is 4.79 Å². The number of aryl methyl sites for hydroxylation is 1. The van der Waals surface area contributed by atoms with Gasteiger partial charge in [0.25, 0.3) is 0 Å². The number of aromatic hydroxyl groups is 1. The lowest BCUT2D eigenvalue weighted by Crippen LogP contribution is -2.15. The van der Waals surface area contributed by atoms with Crippen molar-refractivity contribution in [2.24, 2.45) is 5.16 Å². The summed E-state index contributed by atoms with van der Waals surface area (Å²) in [5.41, 5.74) is -0.231. The van der Waals surface area contributed by atoms with Gasteiger partial charge in [0.05, 0.1) is 5.71 Å². The van der Waals surface area contributed by atoms with Crippen LogP contribution in [0, 0.1) is 6.92 Å². The molecule has 1 aromatic rings. The van der Waals surface area contributed by atoms with Crippen molar-refractivity contribution in [3.05, 3.63) is 40.5 Å². The van der Waals surface area contributed by atoms with Crippen LogP contribution in [0.5, 0.6) is 5.75 Å². The van der Waals surface area contributed by atoms with Crippen LogP contribution in [0.25, 0.3) is 0 Å². The van der Waals surface area contributed by atoms with Crippen molar-refractivity contribution in [3.8, 4) is 5.75 Å². The summed E-state index contributed by atoms with van der Waals surface area (Å²) < 4.78 is 4.91. The molecule has 0 spiro atoms. The Morgan fingerprint density at radius 1 is 1.71 bits per heavy atom. The largest absolute Gasteiger partial charge is 0.507 e. The first-order valence-electron chi connectivity index (χ1n) is 5.24. The predicted octanol–water partition coefficient (Wildman–Crippen LogP) is 1.97. The summed E-state index contributed by atoms with van der Waals surface area (Å²) in [6.45, 7) is 7.10. The summed E-state index contributed by atoms with van der Waals surface area (Å²) in [6, 6.07) is 1.37. The van der Waals surface area contributed by atoms with E-state index in [0.717, 1.165) is 0 Å². The first-order valence-corrected chi connectivity index (χ1v) is 5.24. The average Bonchev–Trinajstić information content (AvgIpc) is 2.25. The molecule has 0 bridgehead atoms. The van der Waals surface area contributed by atoms with E-state index in [4.69, 9.17) is 9.25 Å². The van der Waals surface area contributed by atoms with Crippen LogP contribution in [0.3, 0.4) is 0 Å². The van der Waals surface area contributed by atoms with Gasteiger partial charge in [0.1, 0.15) is 23.7 Å². The van der Waals surface area contributed by atoms with Gasteiger partial charge in [0.15, 0.2) is 0 Å². The van der Waals surface area contributed by atoms with E-state index in [1.807, 2.05) is 0 Å². The highest BCUT2D eigenvalue weighted by atomic mass is 16.6. The van der Waals surface area contributed by atoms with Crippen LogP contribution in [0.1, 0.15) is 24.7 Å². The quantitative estimate of drug-likeness (QED) is 0.368. The van der Waals surface area contributed by atoms with E-state index in [2.05, 4.69) is 11.7 Å². The van der Waals surface area contributed by atoms with Crippen molar-refractivity contribution in [2.45, 2.75) is 20.3 Å². The fraction of sp³-hybridized carbons (Fsp3) is 0.333. The van der Waals surface area contributed by atoms with E-state index in [1.54, 1.807) is 13.8 Å². The highest BCUT2D eigenvalue weighted by Crippen LogP contribution is 2.16. The second-order valence-electron chi connectivity index (χ2n) is 3.38. The number of hydrogen-bond donors (Lipinski definition) is 1. The van der Waals surface area contributed by atoms with Gasteiger partial charge in [-0.3, -0.25) is 0 Å². The van der Waals surface area contributed by atoms with Gasteiger partial charge in [-0.2, -0.15) is 0 Å². The van der Waals surface area contributed by atoms with E-state index in [0.29, 0.717) is 17.9 Å². The molecule has 1 heterocycles. The van der Waals surface area contributed by atoms with Crippen molar-refractivity contribution in [2.75, 3.05) is 6.61 Å². The van der Waals surface area contributed by atoms with Gasteiger partial charge in [0, 0.05) is 6.07 Å². The molecule has 0 aliphatic rings. The molecule has 0 unspecified atom stereocenters. The van der Waals surface area contributed by atoms with E-state index >= 15 is 0 Å². The second kappa shape index (κ2) is 5.89. The van der Waals surface area contributed by atoms with Crippen LogP contribution in [0.2, 0.25) is 0 Å². The SMILES string of the molecule is C=CCON=C(CC)c1c(O)cc(C)oc1=O. The Morgan fingerprint density at radius 3 is 2.94 bits per heavy atom. The van der Waals surface area contributed by atoms with E-state index in [-0.39, 0.29) is 17.9 Å². The van der Waals surface area contributed by atoms with Crippen molar-refractivity contribution >= 4 is 5.71 Å². The molecule has 0 amide bonds. The summed E-state index contributed by atoms with van der Waals surface area (Å²) in [5.74, 6) is 0.195. The van der Waals surface area contributed by atoms with Gasteiger partial charge < -0.3 is 14.4 Å². The van der Waals surface area contributed by atoms with Gasteiger partial charge in [0.2, 0.25) is 0 Å². The molecule has 0 atom stereocenters. The number of nitrogens with zero attached hydrogens (tertiary/aromatic N) is 1. The molecular weight excluding hydrogens is 222 g/mol. The standard InChI is InChI=1S/C12H15NO4/c1-4-6-16-13-9(5-2)11-10(14)7-8(3)17-12(11)15/h4,7,14H,1,5-6H2,2-3H3. The van der Waals surface area contributed by atoms with Crippen LogP contribution in [0.15, 0.2) is 33.1 Å². The molecule has 1 aromatic heterocycles. The molecule has 1 N–H and O–H groups in total. The fourth-order valence-electron chi connectivity index (χ4n) is 1.32. The van der Waals surface area contributed by atoms with Crippen LogP contribution in [0.4, 0.5) is 0 Å². The van der Waals surface area contributed by atoms with Gasteiger partial charge in [-0.1, -0.05) is 24.7 Å². The molecule has 0 fully saturated rings. The summed E-state index contributed by atoms with van der Waals surface area (Å²) in [7, 11) is 0. The normalized spacial score (nSPS) is 11.3. The van der Waals surface area contributed by atoms with E-state index in [1.165, 1.54) is 12.1 Å². The minimum atomic E-state index is -0.620. The lowest BCUT2D eigenvalue weighted by molar-refractivity contribution is 0.174. The summed E-state index contributed by atoms with van der Waals surface area (Å²) in [6.07, 6.45) is 1.98. The molecule has 1 rings (SSSR count). The summed E-state index contributed by atoms with van der Waals surface area (Å²) >= 11 is 0. The molecule has 0 aromatic carbocycles. The maximum Gasteiger partial charge on any atom is 0.349 e. The molecule has 92 valence electrons. The fourth-order valence-corrected chi connectivity index (χ4v) is 1.32. The molecule has 5 nitrogen and oxygen atoms in total.